The van der Waals surface area contributed by atoms with Gasteiger partial charge in [0.15, 0.2) is 5.58 Å². The van der Waals surface area contributed by atoms with Gasteiger partial charge in [-0.25, -0.2) is 4.79 Å². The maximum atomic E-state index is 12.4. The fraction of sp³-hybridized carbons (Fsp3) is 0.391. The molecule has 0 atom stereocenters. The fourth-order valence-electron chi connectivity index (χ4n) is 4.15. The number of piperidine rings is 1. The molecule has 3 aromatic rings. The monoisotopic (exact) mass is 438 g/mol. The lowest BCUT2D eigenvalue weighted by Gasteiger charge is -2.32. The zero-order valence-electron chi connectivity index (χ0n) is 17.7. The summed E-state index contributed by atoms with van der Waals surface area (Å²) in [7, 11) is 0. The molecule has 1 aliphatic heterocycles. The van der Waals surface area contributed by atoms with E-state index in [0.29, 0.717) is 24.9 Å². The highest BCUT2D eigenvalue weighted by atomic mass is 16.6. The minimum atomic E-state index is -0.577. The Kier molecular flexibility index (Phi) is 6.65. The molecule has 9 nitrogen and oxygen atoms in total. The Morgan fingerprint density at radius 2 is 1.91 bits per heavy atom. The predicted octanol–water partition coefficient (Wildman–Crippen LogP) is 3.06. The number of benzene rings is 2. The number of oxazole rings is 1. The molecule has 1 aromatic heterocycles. The van der Waals surface area contributed by atoms with Crippen LogP contribution in [0.2, 0.25) is 0 Å². The largest absolute Gasteiger partial charge is 0.419 e. The molecule has 4 rings (SSSR count). The predicted molar refractivity (Wildman–Crippen MR) is 119 cm³/mol. The molecule has 1 N–H and O–H groups in total. The summed E-state index contributed by atoms with van der Waals surface area (Å²) in [4.78, 5) is 37.2. The van der Waals surface area contributed by atoms with E-state index in [9.17, 15) is 19.7 Å². The number of nitrogens with one attached hydrogen (secondary N) is 1. The number of aromatic nitrogens is 1. The van der Waals surface area contributed by atoms with Gasteiger partial charge in [-0.15, -0.1) is 0 Å². The molecule has 2 aromatic carbocycles. The first-order valence-electron chi connectivity index (χ1n) is 10.8. The van der Waals surface area contributed by atoms with E-state index in [0.717, 1.165) is 32.5 Å². The third-order valence-corrected chi connectivity index (χ3v) is 5.85. The van der Waals surface area contributed by atoms with E-state index in [1.165, 1.54) is 28.3 Å². The van der Waals surface area contributed by atoms with E-state index in [4.69, 9.17) is 4.42 Å². The third kappa shape index (κ3) is 5.23. The number of non-ortho nitro benzene ring substituents is 1. The highest BCUT2D eigenvalue weighted by molar-refractivity contribution is 5.77. The Balaban J connectivity index is 1.22. The van der Waals surface area contributed by atoms with Gasteiger partial charge in [0.25, 0.3) is 5.69 Å². The Morgan fingerprint density at radius 1 is 1.16 bits per heavy atom. The summed E-state index contributed by atoms with van der Waals surface area (Å²) in [6.07, 6.45) is 2.62. The van der Waals surface area contributed by atoms with Gasteiger partial charge in [0.05, 0.1) is 16.5 Å². The van der Waals surface area contributed by atoms with Gasteiger partial charge in [-0.1, -0.05) is 30.3 Å². The number of likely N-dealkylation sites (tertiary alicyclic amines) is 1. The van der Waals surface area contributed by atoms with Crippen LogP contribution in [0.3, 0.4) is 0 Å². The van der Waals surface area contributed by atoms with Crippen molar-refractivity contribution in [2.24, 2.45) is 0 Å². The summed E-state index contributed by atoms with van der Waals surface area (Å²) in [5, 5.41) is 14.0. The van der Waals surface area contributed by atoms with Gasteiger partial charge in [0.1, 0.15) is 0 Å². The molecule has 168 valence electrons. The molecule has 1 saturated heterocycles. The van der Waals surface area contributed by atoms with Crippen molar-refractivity contribution < 1.29 is 14.1 Å². The highest BCUT2D eigenvalue weighted by Crippen LogP contribution is 2.20. The van der Waals surface area contributed by atoms with Crippen molar-refractivity contribution in [1.29, 1.82) is 0 Å². The number of nitro groups is 1. The van der Waals surface area contributed by atoms with E-state index < -0.39 is 10.7 Å². The van der Waals surface area contributed by atoms with Crippen LogP contribution in [0.15, 0.2) is 57.7 Å². The third-order valence-electron chi connectivity index (χ3n) is 5.85. The van der Waals surface area contributed by atoms with Crippen LogP contribution < -0.4 is 11.1 Å². The van der Waals surface area contributed by atoms with Crippen molar-refractivity contribution in [3.63, 3.8) is 0 Å². The smallest absolute Gasteiger partial charge is 0.407 e. The molecule has 0 saturated carbocycles. The summed E-state index contributed by atoms with van der Waals surface area (Å²) >= 11 is 0. The Labute approximate surface area is 184 Å². The molecule has 9 heteroatoms. The van der Waals surface area contributed by atoms with Crippen LogP contribution in [0.5, 0.6) is 0 Å². The van der Waals surface area contributed by atoms with Gasteiger partial charge >= 0.3 is 5.76 Å². The number of fused-ring (bicyclic) bond motifs is 1. The second-order valence-corrected chi connectivity index (χ2v) is 8.14. The van der Waals surface area contributed by atoms with Crippen LogP contribution in [-0.4, -0.2) is 39.4 Å². The maximum absolute atomic E-state index is 12.4. The summed E-state index contributed by atoms with van der Waals surface area (Å²) < 4.78 is 6.53. The van der Waals surface area contributed by atoms with Gasteiger partial charge < -0.3 is 9.73 Å². The van der Waals surface area contributed by atoms with Crippen molar-refractivity contribution in [2.45, 2.75) is 44.8 Å². The second kappa shape index (κ2) is 9.78. The van der Waals surface area contributed by atoms with E-state index in [-0.39, 0.29) is 23.2 Å². The SMILES string of the molecule is O=C(CCCn1c(=O)oc2cc([N+](=O)[O-])ccc21)NC1CCN(Cc2ccccc2)CC1. The van der Waals surface area contributed by atoms with Crippen LogP contribution in [0.25, 0.3) is 11.1 Å². The minimum absolute atomic E-state index is 0.0250. The van der Waals surface area contributed by atoms with Crippen molar-refractivity contribution in [3.8, 4) is 0 Å². The average Bonchev–Trinajstić information content (AvgIpc) is 3.10. The van der Waals surface area contributed by atoms with Crippen molar-refractivity contribution in [2.75, 3.05) is 13.1 Å². The molecular formula is C23H26N4O5. The minimum Gasteiger partial charge on any atom is -0.407 e. The fourth-order valence-corrected chi connectivity index (χ4v) is 4.15. The van der Waals surface area contributed by atoms with Crippen molar-refractivity contribution in [3.05, 3.63) is 74.8 Å². The number of hydrogen-bond acceptors (Lipinski definition) is 6. The van der Waals surface area contributed by atoms with Crippen molar-refractivity contribution in [1.82, 2.24) is 14.8 Å². The Bertz CT molecular complexity index is 1150. The number of rotatable bonds is 8. The van der Waals surface area contributed by atoms with E-state index in [2.05, 4.69) is 22.3 Å². The molecule has 2 heterocycles. The van der Waals surface area contributed by atoms with E-state index in [1.54, 1.807) is 0 Å². The van der Waals surface area contributed by atoms with Gasteiger partial charge in [-0.3, -0.25) is 24.4 Å². The Morgan fingerprint density at radius 3 is 2.62 bits per heavy atom. The number of hydrogen-bond donors (Lipinski definition) is 1. The van der Waals surface area contributed by atoms with Gasteiger partial charge in [-0.05, 0) is 30.9 Å². The average molecular weight is 438 g/mol. The van der Waals surface area contributed by atoms with Crippen LogP contribution in [0.1, 0.15) is 31.2 Å². The highest BCUT2D eigenvalue weighted by Gasteiger charge is 2.21. The molecule has 0 bridgehead atoms. The summed E-state index contributed by atoms with van der Waals surface area (Å²) in [5.41, 5.74) is 1.84. The normalized spacial score (nSPS) is 15.1. The maximum Gasteiger partial charge on any atom is 0.419 e. The van der Waals surface area contributed by atoms with Crippen LogP contribution in [-0.2, 0) is 17.9 Å². The first-order valence-corrected chi connectivity index (χ1v) is 10.8. The first kappa shape index (κ1) is 21.8. The standard InChI is InChI=1S/C23H26N4O5/c28-22(24-18-10-13-25(14-11-18)16-17-5-2-1-3-6-17)7-4-12-26-20-9-8-19(27(30)31)15-21(20)32-23(26)29/h1-3,5-6,8-9,15,18H,4,7,10-14,16H2,(H,24,28). The molecule has 0 unspecified atom stereocenters. The van der Waals surface area contributed by atoms with Gasteiger partial charge in [0.2, 0.25) is 5.91 Å². The Hall–Kier alpha value is -3.46. The number of nitro benzene ring substituents is 1. The second-order valence-electron chi connectivity index (χ2n) is 8.14. The molecule has 0 spiro atoms. The van der Waals surface area contributed by atoms with Gasteiger partial charge in [0, 0.05) is 44.7 Å². The number of carbonyl (C=O) groups excluding carboxylic acids is 1. The van der Waals surface area contributed by atoms with E-state index >= 15 is 0 Å². The molecular weight excluding hydrogens is 412 g/mol. The summed E-state index contributed by atoms with van der Waals surface area (Å²) in [6.45, 7) is 3.13. The lowest BCUT2D eigenvalue weighted by molar-refractivity contribution is -0.384. The molecule has 0 aliphatic carbocycles. The lowest BCUT2D eigenvalue weighted by Crippen LogP contribution is -2.44. The molecule has 0 radical (unpaired) electrons. The van der Waals surface area contributed by atoms with Gasteiger partial charge in [-0.2, -0.15) is 0 Å². The molecule has 1 aliphatic rings. The summed E-state index contributed by atoms with van der Waals surface area (Å²) in [5.74, 6) is -0.602. The number of nitrogens with zero attached hydrogens (tertiary/aromatic N) is 3. The topological polar surface area (TPSA) is 111 Å². The van der Waals surface area contributed by atoms with Crippen molar-refractivity contribution >= 4 is 22.7 Å². The number of carbonyl (C=O) groups is 1. The quantitative estimate of drug-likeness (QED) is 0.427. The van der Waals surface area contributed by atoms with Crippen LogP contribution >= 0.6 is 0 Å². The number of amides is 1. The molecule has 1 amide bonds. The molecule has 1 fully saturated rings. The first-order chi connectivity index (χ1) is 15.5. The lowest BCUT2D eigenvalue weighted by atomic mass is 10.0. The number of aryl methyl sites for hydroxylation is 1. The summed E-state index contributed by atoms with van der Waals surface area (Å²) in [6, 6.07) is 14.6. The van der Waals surface area contributed by atoms with E-state index in [1.807, 2.05) is 18.2 Å². The zero-order chi connectivity index (χ0) is 22.5. The van der Waals surface area contributed by atoms with Crippen LogP contribution in [0.4, 0.5) is 5.69 Å². The zero-order valence-corrected chi connectivity index (χ0v) is 17.7. The molecule has 32 heavy (non-hydrogen) atoms. The van der Waals surface area contributed by atoms with Crippen LogP contribution in [0, 0.1) is 10.1 Å².